The Morgan fingerprint density at radius 2 is 1.78 bits per heavy atom. The average Bonchev–Trinajstić information content (AvgIpc) is 2.67. The number of hydrogen-bond donors (Lipinski definition) is 1. The second kappa shape index (κ2) is 7.57. The Bertz CT molecular complexity index is 1100. The van der Waals surface area contributed by atoms with Crippen molar-refractivity contribution in [2.45, 2.75) is 26.3 Å². The summed E-state index contributed by atoms with van der Waals surface area (Å²) in [7, 11) is 0. The normalized spacial score (nSPS) is 12.1. The molecule has 1 heterocycles. The second-order valence-electron chi connectivity index (χ2n) is 6.25. The summed E-state index contributed by atoms with van der Waals surface area (Å²) in [4.78, 5) is 38.5. The van der Waals surface area contributed by atoms with Gasteiger partial charge in [0.15, 0.2) is 0 Å². The van der Waals surface area contributed by atoms with Gasteiger partial charge < -0.3 is 5.32 Å². The number of halogens is 1. The summed E-state index contributed by atoms with van der Waals surface area (Å²) >= 11 is 0. The fourth-order valence-electron chi connectivity index (χ4n) is 2.99. The lowest BCUT2D eigenvalue weighted by molar-refractivity contribution is -0.123. The molecule has 1 aromatic heterocycles. The number of nitrogens with one attached hydrogen (secondary N) is 1. The number of benzene rings is 2. The Morgan fingerprint density at radius 1 is 1.11 bits per heavy atom. The number of carbonyl (C=O) groups is 1. The first-order valence-electron chi connectivity index (χ1n) is 8.75. The van der Waals surface area contributed by atoms with Crippen LogP contribution in [-0.4, -0.2) is 21.6 Å². The molecule has 27 heavy (non-hydrogen) atoms. The van der Waals surface area contributed by atoms with Crippen LogP contribution in [0.2, 0.25) is 0 Å². The van der Waals surface area contributed by atoms with Crippen LogP contribution in [0.15, 0.2) is 58.1 Å². The van der Waals surface area contributed by atoms with Crippen LogP contribution in [0, 0.1) is 5.82 Å². The molecule has 0 aliphatic rings. The largest absolute Gasteiger partial charge is 0.354 e. The molecule has 0 bridgehead atoms. The monoisotopic (exact) mass is 369 g/mol. The Labute approximate surface area is 154 Å². The number of para-hydroxylation sites is 1. The third kappa shape index (κ3) is 3.40. The minimum Gasteiger partial charge on any atom is -0.354 e. The topological polar surface area (TPSA) is 73.1 Å². The molecule has 1 amide bonds. The molecule has 140 valence electrons. The zero-order valence-corrected chi connectivity index (χ0v) is 15.1. The van der Waals surface area contributed by atoms with E-state index in [1.54, 1.807) is 31.2 Å². The minimum absolute atomic E-state index is 0.243. The molecule has 2 aromatic carbocycles. The van der Waals surface area contributed by atoms with Crippen LogP contribution < -0.4 is 16.6 Å². The van der Waals surface area contributed by atoms with Gasteiger partial charge in [-0.3, -0.25) is 14.2 Å². The SMILES string of the molecule is CCCNC(=O)C(C)n1c(=O)n(-c2ccc(F)cc2)c(=O)c2ccccc21. The highest BCUT2D eigenvalue weighted by molar-refractivity contribution is 5.84. The lowest BCUT2D eigenvalue weighted by atomic mass is 10.2. The molecule has 0 saturated carbocycles. The molecule has 3 rings (SSSR count). The van der Waals surface area contributed by atoms with Gasteiger partial charge in [0.25, 0.3) is 5.56 Å². The van der Waals surface area contributed by atoms with Crippen LogP contribution in [0.5, 0.6) is 0 Å². The number of hydrogen-bond acceptors (Lipinski definition) is 3. The first-order valence-corrected chi connectivity index (χ1v) is 8.75. The maximum Gasteiger partial charge on any atom is 0.336 e. The van der Waals surface area contributed by atoms with Crippen molar-refractivity contribution in [3.8, 4) is 5.69 Å². The third-order valence-corrected chi connectivity index (χ3v) is 4.40. The Balaban J connectivity index is 2.30. The van der Waals surface area contributed by atoms with Gasteiger partial charge in [-0.05, 0) is 49.7 Å². The molecule has 0 spiro atoms. The number of rotatable bonds is 5. The number of nitrogens with zero attached hydrogens (tertiary/aromatic N) is 2. The van der Waals surface area contributed by atoms with Gasteiger partial charge in [0.05, 0.1) is 16.6 Å². The van der Waals surface area contributed by atoms with Crippen LogP contribution in [0.3, 0.4) is 0 Å². The second-order valence-corrected chi connectivity index (χ2v) is 6.25. The first kappa shape index (κ1) is 18.6. The Morgan fingerprint density at radius 3 is 2.44 bits per heavy atom. The lowest BCUT2D eigenvalue weighted by Crippen LogP contribution is -2.43. The Hall–Kier alpha value is -3.22. The van der Waals surface area contributed by atoms with E-state index in [-0.39, 0.29) is 11.6 Å². The fourth-order valence-corrected chi connectivity index (χ4v) is 2.99. The molecule has 7 heteroatoms. The van der Waals surface area contributed by atoms with E-state index >= 15 is 0 Å². The van der Waals surface area contributed by atoms with Crippen molar-refractivity contribution < 1.29 is 9.18 Å². The lowest BCUT2D eigenvalue weighted by Gasteiger charge is -2.19. The number of amides is 1. The van der Waals surface area contributed by atoms with Crippen LogP contribution in [0.25, 0.3) is 16.6 Å². The predicted octanol–water partition coefficient (Wildman–Crippen LogP) is 2.38. The molecule has 3 aromatic rings. The summed E-state index contributed by atoms with van der Waals surface area (Å²) in [5.74, 6) is -0.784. The molecule has 0 radical (unpaired) electrons. The van der Waals surface area contributed by atoms with Crippen molar-refractivity contribution in [3.05, 3.63) is 75.2 Å². The van der Waals surface area contributed by atoms with Gasteiger partial charge in [-0.25, -0.2) is 13.8 Å². The summed E-state index contributed by atoms with van der Waals surface area (Å²) < 4.78 is 15.5. The van der Waals surface area contributed by atoms with Crippen LogP contribution in [0.1, 0.15) is 26.3 Å². The molecule has 0 fully saturated rings. The summed E-state index contributed by atoms with van der Waals surface area (Å²) in [6.45, 7) is 4.03. The van der Waals surface area contributed by atoms with E-state index in [1.807, 2.05) is 6.92 Å². The van der Waals surface area contributed by atoms with E-state index in [1.165, 1.54) is 28.8 Å². The zero-order chi connectivity index (χ0) is 19.6. The van der Waals surface area contributed by atoms with Crippen molar-refractivity contribution in [2.24, 2.45) is 0 Å². The molecule has 1 unspecified atom stereocenters. The molecule has 0 aliphatic carbocycles. The molecular weight excluding hydrogens is 349 g/mol. The van der Waals surface area contributed by atoms with Crippen LogP contribution >= 0.6 is 0 Å². The zero-order valence-electron chi connectivity index (χ0n) is 15.1. The first-order chi connectivity index (χ1) is 13.0. The number of aromatic nitrogens is 2. The smallest absolute Gasteiger partial charge is 0.336 e. The molecule has 1 N–H and O–H groups in total. The molecule has 0 saturated heterocycles. The van der Waals surface area contributed by atoms with Crippen molar-refractivity contribution in [1.29, 1.82) is 0 Å². The maximum absolute atomic E-state index is 13.3. The Kier molecular flexibility index (Phi) is 5.21. The van der Waals surface area contributed by atoms with Gasteiger partial charge >= 0.3 is 5.69 Å². The highest BCUT2D eigenvalue weighted by Gasteiger charge is 2.22. The quantitative estimate of drug-likeness (QED) is 0.750. The fraction of sp³-hybridized carbons (Fsp3) is 0.250. The molecule has 6 nitrogen and oxygen atoms in total. The van der Waals surface area contributed by atoms with E-state index in [4.69, 9.17) is 0 Å². The van der Waals surface area contributed by atoms with Crippen molar-refractivity contribution >= 4 is 16.8 Å². The van der Waals surface area contributed by atoms with Crippen molar-refractivity contribution in [2.75, 3.05) is 6.54 Å². The van der Waals surface area contributed by atoms with Gasteiger partial charge in [0.1, 0.15) is 11.9 Å². The summed E-state index contributed by atoms with van der Waals surface area (Å²) in [6.07, 6.45) is 0.767. The maximum atomic E-state index is 13.3. The standard InChI is InChI=1S/C20H20FN3O3/c1-3-12-22-18(25)13(2)23-17-7-5-4-6-16(17)19(26)24(20(23)27)15-10-8-14(21)9-11-15/h4-11,13H,3,12H2,1-2H3,(H,22,25). The number of carbonyl (C=O) groups excluding carboxylic acids is 1. The van der Waals surface area contributed by atoms with Crippen LogP contribution in [-0.2, 0) is 4.79 Å². The molecular formula is C20H20FN3O3. The summed E-state index contributed by atoms with van der Waals surface area (Å²) in [5.41, 5.74) is -0.541. The minimum atomic E-state index is -0.818. The molecule has 1 atom stereocenters. The van der Waals surface area contributed by atoms with E-state index in [2.05, 4.69) is 5.32 Å². The summed E-state index contributed by atoms with van der Waals surface area (Å²) in [6, 6.07) is 10.9. The van der Waals surface area contributed by atoms with Gasteiger partial charge in [-0.2, -0.15) is 0 Å². The van der Waals surface area contributed by atoms with Gasteiger partial charge in [-0.15, -0.1) is 0 Å². The van der Waals surface area contributed by atoms with Crippen LogP contribution in [0.4, 0.5) is 4.39 Å². The number of fused-ring (bicyclic) bond motifs is 1. The average molecular weight is 369 g/mol. The van der Waals surface area contributed by atoms with E-state index in [0.717, 1.165) is 11.0 Å². The highest BCUT2D eigenvalue weighted by atomic mass is 19.1. The molecule has 0 aliphatic heterocycles. The van der Waals surface area contributed by atoms with E-state index in [9.17, 15) is 18.8 Å². The third-order valence-electron chi connectivity index (χ3n) is 4.40. The van der Waals surface area contributed by atoms with Crippen molar-refractivity contribution in [3.63, 3.8) is 0 Å². The summed E-state index contributed by atoms with van der Waals surface area (Å²) in [5, 5.41) is 3.07. The van der Waals surface area contributed by atoms with E-state index < -0.39 is 23.1 Å². The highest BCUT2D eigenvalue weighted by Crippen LogP contribution is 2.15. The van der Waals surface area contributed by atoms with E-state index in [0.29, 0.717) is 17.4 Å². The van der Waals surface area contributed by atoms with Gasteiger partial charge in [0.2, 0.25) is 5.91 Å². The predicted molar refractivity (Wildman–Crippen MR) is 102 cm³/mol. The van der Waals surface area contributed by atoms with Crippen molar-refractivity contribution in [1.82, 2.24) is 14.5 Å². The van der Waals surface area contributed by atoms with Gasteiger partial charge in [-0.1, -0.05) is 19.1 Å². The van der Waals surface area contributed by atoms with Gasteiger partial charge in [0, 0.05) is 6.54 Å².